The van der Waals surface area contributed by atoms with Crippen LogP contribution in [-0.4, -0.2) is 34.8 Å². The Morgan fingerprint density at radius 3 is 2.19 bits per heavy atom. The van der Waals surface area contributed by atoms with Crippen molar-refractivity contribution in [1.82, 2.24) is 15.5 Å². The van der Waals surface area contributed by atoms with E-state index in [1.807, 2.05) is 0 Å². The fraction of sp³-hybridized carbons (Fsp3) is 0.471. The van der Waals surface area contributed by atoms with E-state index >= 15 is 0 Å². The van der Waals surface area contributed by atoms with Crippen molar-refractivity contribution < 1.29 is 27.6 Å². The van der Waals surface area contributed by atoms with E-state index in [1.165, 1.54) is 12.1 Å². The molecule has 2 N–H and O–H groups in total. The molecule has 0 saturated carbocycles. The quantitative estimate of drug-likeness (QED) is 0.754. The summed E-state index contributed by atoms with van der Waals surface area (Å²) < 4.78 is 37.5. The summed E-state index contributed by atoms with van der Waals surface area (Å²) in [7, 11) is 0. The summed E-state index contributed by atoms with van der Waals surface area (Å²) in [5, 5.41) is 5.11. The Labute approximate surface area is 148 Å². The smallest absolute Gasteiger partial charge is 0.350 e. The molecule has 0 bridgehead atoms. The van der Waals surface area contributed by atoms with Crippen LogP contribution in [0.5, 0.6) is 0 Å². The van der Waals surface area contributed by atoms with Gasteiger partial charge in [-0.05, 0) is 30.5 Å². The fourth-order valence-electron chi connectivity index (χ4n) is 2.76. The van der Waals surface area contributed by atoms with E-state index in [2.05, 4.69) is 10.6 Å². The molecule has 0 spiro atoms. The van der Waals surface area contributed by atoms with Crippen LogP contribution in [0.3, 0.4) is 0 Å². The SMILES string of the molecule is CCC1(CC)NC(=O)N(CC(=O)NCc2ccc(C(F)(F)F)cc2)C1=O. The third-order valence-corrected chi connectivity index (χ3v) is 4.53. The minimum Gasteiger partial charge on any atom is -0.350 e. The zero-order chi connectivity index (χ0) is 19.5. The van der Waals surface area contributed by atoms with E-state index in [4.69, 9.17) is 0 Å². The lowest BCUT2D eigenvalue weighted by atomic mass is 9.93. The minimum atomic E-state index is -4.42. The zero-order valence-corrected chi connectivity index (χ0v) is 14.4. The molecule has 1 aromatic rings. The van der Waals surface area contributed by atoms with Crippen LogP contribution in [0.2, 0.25) is 0 Å². The Balaban J connectivity index is 1.93. The van der Waals surface area contributed by atoms with Crippen LogP contribution in [0.4, 0.5) is 18.0 Å². The number of amides is 4. The molecule has 1 aromatic carbocycles. The molecule has 9 heteroatoms. The molecular weight excluding hydrogens is 351 g/mol. The second kappa shape index (κ2) is 7.35. The lowest BCUT2D eigenvalue weighted by Crippen LogP contribution is -2.46. The van der Waals surface area contributed by atoms with Crippen LogP contribution in [0.1, 0.15) is 37.8 Å². The van der Waals surface area contributed by atoms with Crippen LogP contribution in [-0.2, 0) is 22.3 Å². The molecule has 4 amide bonds. The van der Waals surface area contributed by atoms with Gasteiger partial charge in [-0.3, -0.25) is 14.5 Å². The van der Waals surface area contributed by atoms with Gasteiger partial charge in [0.25, 0.3) is 5.91 Å². The number of carbonyl (C=O) groups is 3. The minimum absolute atomic E-state index is 0.00663. The predicted octanol–water partition coefficient (Wildman–Crippen LogP) is 2.43. The molecule has 0 aromatic heterocycles. The Morgan fingerprint density at radius 2 is 1.73 bits per heavy atom. The van der Waals surface area contributed by atoms with Gasteiger partial charge in [0.15, 0.2) is 0 Å². The number of nitrogens with zero attached hydrogens (tertiary/aromatic N) is 1. The summed E-state index contributed by atoms with van der Waals surface area (Å²) in [6.07, 6.45) is -3.59. The van der Waals surface area contributed by atoms with E-state index in [0.717, 1.165) is 17.0 Å². The lowest BCUT2D eigenvalue weighted by Gasteiger charge is -2.23. The average Bonchev–Trinajstić information content (AvgIpc) is 2.84. The number of carbonyl (C=O) groups excluding carboxylic acids is 3. The maximum Gasteiger partial charge on any atom is 0.416 e. The van der Waals surface area contributed by atoms with Crippen LogP contribution in [0.15, 0.2) is 24.3 Å². The van der Waals surface area contributed by atoms with Crippen molar-refractivity contribution in [3.63, 3.8) is 0 Å². The van der Waals surface area contributed by atoms with Crippen molar-refractivity contribution in [3.05, 3.63) is 35.4 Å². The van der Waals surface area contributed by atoms with Gasteiger partial charge in [-0.15, -0.1) is 0 Å². The van der Waals surface area contributed by atoms with Crippen molar-refractivity contribution in [3.8, 4) is 0 Å². The van der Waals surface area contributed by atoms with E-state index in [9.17, 15) is 27.6 Å². The fourth-order valence-corrected chi connectivity index (χ4v) is 2.76. The molecule has 142 valence electrons. The predicted molar refractivity (Wildman–Crippen MR) is 86.8 cm³/mol. The van der Waals surface area contributed by atoms with Crippen LogP contribution in [0, 0.1) is 0 Å². The number of benzene rings is 1. The average molecular weight is 371 g/mol. The molecule has 0 unspecified atom stereocenters. The molecule has 26 heavy (non-hydrogen) atoms. The molecule has 1 fully saturated rings. The van der Waals surface area contributed by atoms with Gasteiger partial charge < -0.3 is 10.6 Å². The molecule has 0 radical (unpaired) electrons. The second-order valence-electron chi connectivity index (χ2n) is 6.08. The summed E-state index contributed by atoms with van der Waals surface area (Å²) >= 11 is 0. The molecule has 6 nitrogen and oxygen atoms in total. The van der Waals surface area contributed by atoms with E-state index in [-0.39, 0.29) is 6.54 Å². The molecule has 0 atom stereocenters. The topological polar surface area (TPSA) is 78.5 Å². The zero-order valence-electron chi connectivity index (χ0n) is 14.4. The first-order valence-electron chi connectivity index (χ1n) is 8.20. The summed E-state index contributed by atoms with van der Waals surface area (Å²) in [5.41, 5.74) is -1.28. The first-order chi connectivity index (χ1) is 12.1. The number of urea groups is 1. The largest absolute Gasteiger partial charge is 0.416 e. The van der Waals surface area contributed by atoms with Crippen LogP contribution >= 0.6 is 0 Å². The molecular formula is C17H20F3N3O3. The highest BCUT2D eigenvalue weighted by atomic mass is 19.4. The molecule has 1 aliphatic rings. The van der Waals surface area contributed by atoms with Gasteiger partial charge in [0.1, 0.15) is 12.1 Å². The highest BCUT2D eigenvalue weighted by Crippen LogP contribution is 2.29. The van der Waals surface area contributed by atoms with Gasteiger partial charge in [-0.1, -0.05) is 26.0 Å². The normalized spacial score (nSPS) is 16.6. The van der Waals surface area contributed by atoms with E-state index in [0.29, 0.717) is 18.4 Å². The van der Waals surface area contributed by atoms with Crippen LogP contribution in [0.25, 0.3) is 0 Å². The lowest BCUT2D eigenvalue weighted by molar-refractivity contribution is -0.137. The van der Waals surface area contributed by atoms with E-state index in [1.54, 1.807) is 13.8 Å². The number of imide groups is 1. The van der Waals surface area contributed by atoms with Gasteiger partial charge in [0, 0.05) is 6.54 Å². The number of hydrogen-bond donors (Lipinski definition) is 2. The summed E-state index contributed by atoms with van der Waals surface area (Å²) in [5.74, 6) is -1.02. The number of rotatable bonds is 6. The van der Waals surface area contributed by atoms with Crippen molar-refractivity contribution in [2.24, 2.45) is 0 Å². The Kier molecular flexibility index (Phi) is 5.58. The third-order valence-electron chi connectivity index (χ3n) is 4.53. The number of alkyl halides is 3. The van der Waals surface area contributed by atoms with Gasteiger partial charge in [0.05, 0.1) is 5.56 Å². The summed E-state index contributed by atoms with van der Waals surface area (Å²) in [4.78, 5) is 37.2. The van der Waals surface area contributed by atoms with Crippen molar-refractivity contribution in [2.75, 3.05) is 6.54 Å². The van der Waals surface area contributed by atoms with Crippen molar-refractivity contribution in [2.45, 2.75) is 44.9 Å². The summed E-state index contributed by atoms with van der Waals surface area (Å²) in [6, 6.07) is 3.75. The molecule has 1 saturated heterocycles. The Hall–Kier alpha value is -2.58. The number of halogens is 3. The van der Waals surface area contributed by atoms with Crippen LogP contribution < -0.4 is 10.6 Å². The van der Waals surface area contributed by atoms with Gasteiger partial charge in [-0.2, -0.15) is 13.2 Å². The Morgan fingerprint density at radius 1 is 1.15 bits per heavy atom. The van der Waals surface area contributed by atoms with E-state index < -0.39 is 41.7 Å². The monoisotopic (exact) mass is 371 g/mol. The molecule has 2 rings (SSSR count). The molecule has 1 heterocycles. The van der Waals surface area contributed by atoms with Crippen molar-refractivity contribution >= 4 is 17.8 Å². The first kappa shape index (κ1) is 19.7. The van der Waals surface area contributed by atoms with Gasteiger partial charge in [0.2, 0.25) is 5.91 Å². The highest BCUT2D eigenvalue weighted by molar-refractivity contribution is 6.08. The standard InChI is InChI=1S/C17H20F3N3O3/c1-3-16(4-2)14(25)23(15(26)22-16)10-13(24)21-9-11-5-7-12(8-6-11)17(18,19)20/h5-8H,3-4,9-10H2,1-2H3,(H,21,24)(H,22,26). The second-order valence-corrected chi connectivity index (χ2v) is 6.08. The Bertz CT molecular complexity index is 697. The van der Waals surface area contributed by atoms with Gasteiger partial charge >= 0.3 is 12.2 Å². The number of hydrogen-bond acceptors (Lipinski definition) is 3. The maximum absolute atomic E-state index is 12.5. The van der Waals surface area contributed by atoms with Gasteiger partial charge in [-0.25, -0.2) is 4.79 Å². The van der Waals surface area contributed by atoms with Crippen molar-refractivity contribution in [1.29, 1.82) is 0 Å². The molecule has 0 aliphatic carbocycles. The highest BCUT2D eigenvalue weighted by Gasteiger charge is 2.49. The maximum atomic E-state index is 12.5. The molecule has 1 aliphatic heterocycles. The number of nitrogens with one attached hydrogen (secondary N) is 2. The first-order valence-corrected chi connectivity index (χ1v) is 8.20. The third kappa shape index (κ3) is 3.97. The summed E-state index contributed by atoms with van der Waals surface area (Å²) in [6.45, 7) is 3.10.